The van der Waals surface area contributed by atoms with Gasteiger partial charge in [0.1, 0.15) is 5.25 Å². The third-order valence-corrected chi connectivity index (χ3v) is 5.29. The maximum Gasteiger partial charge on any atom is 0.307 e. The average Bonchev–Trinajstić information content (AvgIpc) is 2.60. The lowest BCUT2D eigenvalue weighted by atomic mass is 10.2. The molecule has 0 N–H and O–H groups in total. The first-order valence-corrected chi connectivity index (χ1v) is 8.85. The van der Waals surface area contributed by atoms with E-state index in [0.717, 1.165) is 26.1 Å². The molecule has 0 aromatic rings. The fourth-order valence-electron chi connectivity index (χ4n) is 2.99. The Morgan fingerprint density at radius 3 is 2.30 bits per heavy atom. The molecule has 7 heteroatoms. The molecule has 0 aliphatic carbocycles. The Hall–Kier alpha value is -0.690. The number of amides is 1. The Morgan fingerprint density at radius 1 is 1.10 bits per heavy atom. The predicted octanol–water partition coefficient (Wildman–Crippen LogP) is 1.15. The molecule has 0 spiro atoms. The Labute approximate surface area is 120 Å². The normalized spacial score (nSPS) is 25.9. The fraction of sp³-hybridized carbons (Fsp3) is 0.923. The van der Waals surface area contributed by atoms with Gasteiger partial charge in [0.2, 0.25) is 5.91 Å². The molecule has 20 heavy (non-hydrogen) atoms. The van der Waals surface area contributed by atoms with E-state index in [2.05, 4.69) is 4.90 Å². The van der Waals surface area contributed by atoms with Gasteiger partial charge in [0.05, 0.1) is 0 Å². The lowest BCUT2D eigenvalue weighted by Gasteiger charge is -2.22. The molecule has 1 amide bonds. The Morgan fingerprint density at radius 2 is 1.75 bits per heavy atom. The Bertz CT molecular complexity index is 433. The molecular formula is C13H23FN2O3S. The third kappa shape index (κ3) is 4.41. The third-order valence-electron chi connectivity index (χ3n) is 4.18. The number of carbonyl (C=O) groups is 1. The second-order valence-electron chi connectivity index (χ2n) is 5.75. The van der Waals surface area contributed by atoms with Gasteiger partial charge < -0.3 is 9.80 Å². The van der Waals surface area contributed by atoms with Crippen LogP contribution < -0.4 is 0 Å². The van der Waals surface area contributed by atoms with Crippen LogP contribution in [0.1, 0.15) is 38.5 Å². The largest absolute Gasteiger partial charge is 0.341 e. The van der Waals surface area contributed by atoms with Gasteiger partial charge in [-0.15, -0.1) is 3.89 Å². The molecular weight excluding hydrogens is 283 g/mol. The fourth-order valence-corrected chi connectivity index (χ4v) is 3.69. The van der Waals surface area contributed by atoms with Crippen molar-refractivity contribution in [1.82, 2.24) is 9.80 Å². The predicted molar refractivity (Wildman–Crippen MR) is 74.5 cm³/mol. The standard InChI is InChI=1S/C13H23FN2O3S/c14-20(18,19)12-10-13(17)16(11-12)9-5-8-15-6-3-1-2-4-7-15/h12H,1-11H2. The van der Waals surface area contributed by atoms with Crippen LogP contribution in [0.4, 0.5) is 3.89 Å². The molecule has 2 aliphatic heterocycles. The summed E-state index contributed by atoms with van der Waals surface area (Å²) in [5.41, 5.74) is 0. The van der Waals surface area contributed by atoms with Gasteiger partial charge >= 0.3 is 10.2 Å². The van der Waals surface area contributed by atoms with E-state index in [1.807, 2.05) is 0 Å². The Balaban J connectivity index is 1.73. The van der Waals surface area contributed by atoms with Crippen LogP contribution in [0.15, 0.2) is 0 Å². The van der Waals surface area contributed by atoms with Crippen LogP contribution in [0.3, 0.4) is 0 Å². The molecule has 2 fully saturated rings. The smallest absolute Gasteiger partial charge is 0.307 e. The first-order chi connectivity index (χ1) is 9.47. The maximum absolute atomic E-state index is 12.9. The number of carbonyl (C=O) groups excluding carboxylic acids is 1. The molecule has 0 radical (unpaired) electrons. The van der Waals surface area contributed by atoms with E-state index < -0.39 is 15.5 Å². The molecule has 116 valence electrons. The van der Waals surface area contributed by atoms with Crippen LogP contribution in [0.2, 0.25) is 0 Å². The van der Waals surface area contributed by atoms with E-state index >= 15 is 0 Å². The molecule has 2 saturated heterocycles. The van der Waals surface area contributed by atoms with Crippen molar-refractivity contribution in [2.24, 2.45) is 0 Å². The summed E-state index contributed by atoms with van der Waals surface area (Å²) in [5.74, 6) is -0.243. The molecule has 0 saturated carbocycles. The molecule has 0 bridgehead atoms. The molecule has 2 rings (SSSR count). The highest BCUT2D eigenvalue weighted by Gasteiger charge is 2.37. The van der Waals surface area contributed by atoms with E-state index in [0.29, 0.717) is 6.54 Å². The highest BCUT2D eigenvalue weighted by Crippen LogP contribution is 2.20. The molecule has 5 nitrogen and oxygen atoms in total. The number of likely N-dealkylation sites (tertiary alicyclic amines) is 2. The monoisotopic (exact) mass is 306 g/mol. The summed E-state index contributed by atoms with van der Waals surface area (Å²) >= 11 is 0. The summed E-state index contributed by atoms with van der Waals surface area (Å²) in [6.07, 6.45) is 5.65. The van der Waals surface area contributed by atoms with E-state index in [-0.39, 0.29) is 18.9 Å². The minimum Gasteiger partial charge on any atom is -0.341 e. The van der Waals surface area contributed by atoms with Gasteiger partial charge in [-0.3, -0.25) is 4.79 Å². The maximum atomic E-state index is 12.9. The first kappa shape index (κ1) is 15.7. The van der Waals surface area contributed by atoms with Crippen LogP contribution in [0, 0.1) is 0 Å². The minimum atomic E-state index is -4.59. The summed E-state index contributed by atoms with van der Waals surface area (Å²) in [6.45, 7) is 3.68. The molecule has 2 heterocycles. The van der Waals surface area contributed by atoms with Gasteiger partial charge in [-0.1, -0.05) is 12.8 Å². The van der Waals surface area contributed by atoms with Gasteiger partial charge in [-0.05, 0) is 38.9 Å². The lowest BCUT2D eigenvalue weighted by Crippen LogP contribution is -2.32. The summed E-state index contributed by atoms with van der Waals surface area (Å²) in [4.78, 5) is 15.5. The van der Waals surface area contributed by atoms with Crippen molar-refractivity contribution in [1.29, 1.82) is 0 Å². The molecule has 0 aromatic carbocycles. The van der Waals surface area contributed by atoms with E-state index in [9.17, 15) is 17.1 Å². The Kier molecular flexibility index (Phi) is 5.37. The lowest BCUT2D eigenvalue weighted by molar-refractivity contribution is -0.127. The quantitative estimate of drug-likeness (QED) is 0.715. The second-order valence-corrected chi connectivity index (χ2v) is 7.37. The van der Waals surface area contributed by atoms with Gasteiger partial charge in [0, 0.05) is 19.5 Å². The van der Waals surface area contributed by atoms with Crippen LogP contribution >= 0.6 is 0 Å². The van der Waals surface area contributed by atoms with Crippen LogP contribution in [0.5, 0.6) is 0 Å². The van der Waals surface area contributed by atoms with Gasteiger partial charge in [0.25, 0.3) is 0 Å². The van der Waals surface area contributed by atoms with Crippen molar-refractivity contribution in [2.45, 2.75) is 43.8 Å². The van der Waals surface area contributed by atoms with Gasteiger partial charge in [-0.2, -0.15) is 8.42 Å². The number of nitrogens with zero attached hydrogens (tertiary/aromatic N) is 2. The van der Waals surface area contributed by atoms with Gasteiger partial charge in [-0.25, -0.2) is 0 Å². The highest BCUT2D eigenvalue weighted by molar-refractivity contribution is 7.87. The summed E-state index contributed by atoms with van der Waals surface area (Å²) in [6, 6.07) is 0. The van der Waals surface area contributed by atoms with Gasteiger partial charge in [0.15, 0.2) is 0 Å². The van der Waals surface area contributed by atoms with Crippen molar-refractivity contribution in [3.63, 3.8) is 0 Å². The van der Waals surface area contributed by atoms with Crippen molar-refractivity contribution < 1.29 is 17.1 Å². The van der Waals surface area contributed by atoms with Crippen molar-refractivity contribution in [3.05, 3.63) is 0 Å². The molecule has 1 atom stereocenters. The molecule has 0 aromatic heterocycles. The molecule has 2 aliphatic rings. The van der Waals surface area contributed by atoms with Crippen molar-refractivity contribution in [2.75, 3.05) is 32.7 Å². The summed E-state index contributed by atoms with van der Waals surface area (Å²) < 4.78 is 34.5. The number of hydrogen-bond donors (Lipinski definition) is 0. The summed E-state index contributed by atoms with van der Waals surface area (Å²) in [7, 11) is -4.59. The average molecular weight is 306 g/mol. The zero-order valence-electron chi connectivity index (χ0n) is 11.8. The highest BCUT2D eigenvalue weighted by atomic mass is 32.3. The van der Waals surface area contributed by atoms with Crippen LogP contribution in [0.25, 0.3) is 0 Å². The van der Waals surface area contributed by atoms with E-state index in [1.54, 1.807) is 0 Å². The van der Waals surface area contributed by atoms with Crippen LogP contribution in [-0.2, 0) is 15.0 Å². The molecule has 1 unspecified atom stereocenters. The zero-order chi connectivity index (χ0) is 14.6. The first-order valence-electron chi connectivity index (χ1n) is 7.40. The van der Waals surface area contributed by atoms with E-state index in [1.165, 1.54) is 30.6 Å². The SMILES string of the molecule is O=C1CC(S(=O)(=O)F)CN1CCCN1CCCCCC1. The van der Waals surface area contributed by atoms with Crippen molar-refractivity contribution >= 4 is 16.1 Å². The number of hydrogen-bond acceptors (Lipinski definition) is 4. The van der Waals surface area contributed by atoms with Crippen molar-refractivity contribution in [3.8, 4) is 0 Å². The topological polar surface area (TPSA) is 57.7 Å². The number of halogens is 1. The van der Waals surface area contributed by atoms with E-state index in [4.69, 9.17) is 0 Å². The number of rotatable bonds is 5. The second kappa shape index (κ2) is 6.85. The zero-order valence-corrected chi connectivity index (χ0v) is 12.6. The summed E-state index contributed by atoms with van der Waals surface area (Å²) in [5, 5.41) is -1.16. The van der Waals surface area contributed by atoms with Crippen LogP contribution in [-0.4, -0.2) is 62.1 Å². The minimum absolute atomic E-state index is 0.0116.